The van der Waals surface area contributed by atoms with Crippen molar-refractivity contribution >= 4 is 44.6 Å². The topological polar surface area (TPSA) is 33.5 Å². The Morgan fingerprint density at radius 3 is 1.91 bits per heavy atom. The van der Waals surface area contributed by atoms with Crippen LogP contribution in [0, 0.1) is 12.7 Å². The van der Waals surface area contributed by atoms with Gasteiger partial charge in [0.25, 0.3) is 0 Å². The van der Waals surface area contributed by atoms with Crippen LogP contribution in [0.15, 0.2) is 128 Å². The van der Waals surface area contributed by atoms with Crippen molar-refractivity contribution in [3.63, 3.8) is 0 Å². The van der Waals surface area contributed by atoms with Gasteiger partial charge in [-0.3, -0.25) is 4.57 Å². The van der Waals surface area contributed by atoms with E-state index in [0.29, 0.717) is 24.1 Å². The van der Waals surface area contributed by atoms with Crippen LogP contribution in [-0.4, -0.2) is 16.2 Å². The maximum atomic E-state index is 15.7. The first-order chi connectivity index (χ1) is 31.0. The minimum atomic E-state index is -0.141. The van der Waals surface area contributed by atoms with Crippen molar-refractivity contribution in [2.24, 2.45) is 0 Å². The SMILES string of the molecule is Cc1c(F)cc(C(C)C)c(N2CN(c3cc(Oc4ccc5c6ccccc6n(-c6cc(C(C)(C)C)ccn6)c5c4)cc(-c4c(C(C)C)cccc4C(C)C)c3)c3ccccc32)c1C(C)C. The fraction of sp³-hybridized carbons (Fsp3) is 0.305. The van der Waals surface area contributed by atoms with E-state index in [1.54, 1.807) is 6.07 Å². The number of anilines is 4. The van der Waals surface area contributed by atoms with Gasteiger partial charge in [0.05, 0.1) is 28.1 Å². The highest BCUT2D eigenvalue weighted by atomic mass is 19.1. The van der Waals surface area contributed by atoms with Crippen molar-refractivity contribution in [3.05, 3.63) is 167 Å². The third-order valence-corrected chi connectivity index (χ3v) is 13.4. The number of hydrogen-bond donors (Lipinski definition) is 0. The number of rotatable bonds is 10. The Morgan fingerprint density at radius 2 is 1.25 bits per heavy atom. The third kappa shape index (κ3) is 7.85. The first-order valence-electron chi connectivity index (χ1n) is 23.4. The van der Waals surface area contributed by atoms with Gasteiger partial charge in [-0.1, -0.05) is 125 Å². The lowest BCUT2D eigenvalue weighted by molar-refractivity contribution is 0.483. The molecule has 65 heavy (non-hydrogen) atoms. The highest BCUT2D eigenvalue weighted by Crippen LogP contribution is 2.51. The molecule has 0 N–H and O–H groups in total. The Balaban J connectivity index is 1.24. The monoisotopic (exact) mass is 862 g/mol. The average molecular weight is 863 g/mol. The third-order valence-electron chi connectivity index (χ3n) is 13.4. The van der Waals surface area contributed by atoms with E-state index >= 15 is 4.39 Å². The Morgan fingerprint density at radius 1 is 0.600 bits per heavy atom. The maximum Gasteiger partial charge on any atom is 0.137 e. The number of nitrogens with zero attached hydrogens (tertiary/aromatic N) is 4. The molecule has 6 heteroatoms. The van der Waals surface area contributed by atoms with Gasteiger partial charge in [0, 0.05) is 34.8 Å². The van der Waals surface area contributed by atoms with E-state index in [9.17, 15) is 0 Å². The van der Waals surface area contributed by atoms with E-state index in [2.05, 4.69) is 206 Å². The molecule has 0 unspecified atom stereocenters. The zero-order valence-corrected chi connectivity index (χ0v) is 40.2. The van der Waals surface area contributed by atoms with Gasteiger partial charge in [-0.15, -0.1) is 0 Å². The fourth-order valence-electron chi connectivity index (χ4n) is 10.1. The quantitative estimate of drug-likeness (QED) is 0.137. The molecule has 0 fully saturated rings. The minimum absolute atomic E-state index is 0.0324. The Hall–Kier alpha value is -6.40. The summed E-state index contributed by atoms with van der Waals surface area (Å²) in [6, 6.07) is 43.3. The van der Waals surface area contributed by atoms with E-state index in [-0.39, 0.29) is 23.1 Å². The van der Waals surface area contributed by atoms with Crippen molar-refractivity contribution in [2.45, 2.75) is 112 Å². The van der Waals surface area contributed by atoms with Gasteiger partial charge in [-0.25, -0.2) is 9.37 Å². The summed E-state index contributed by atoms with van der Waals surface area (Å²) in [6.07, 6.45) is 1.92. The smallest absolute Gasteiger partial charge is 0.137 e. The van der Waals surface area contributed by atoms with Gasteiger partial charge in [-0.2, -0.15) is 0 Å². The zero-order valence-electron chi connectivity index (χ0n) is 40.2. The molecule has 0 saturated heterocycles. The average Bonchev–Trinajstić information content (AvgIpc) is 3.82. The number of aromatic nitrogens is 2. The molecule has 1 aliphatic heterocycles. The van der Waals surface area contributed by atoms with Gasteiger partial charge in [0.15, 0.2) is 0 Å². The number of fused-ring (bicyclic) bond motifs is 4. The lowest BCUT2D eigenvalue weighted by Gasteiger charge is -2.31. The first kappa shape index (κ1) is 43.8. The van der Waals surface area contributed by atoms with Crippen LogP contribution in [0.5, 0.6) is 11.5 Å². The number of halogens is 1. The molecule has 0 aliphatic carbocycles. The molecule has 0 saturated carbocycles. The predicted molar refractivity (Wildman–Crippen MR) is 272 cm³/mol. The van der Waals surface area contributed by atoms with E-state index in [1.165, 1.54) is 27.6 Å². The number of para-hydroxylation sites is 3. The van der Waals surface area contributed by atoms with Gasteiger partial charge >= 0.3 is 0 Å². The minimum Gasteiger partial charge on any atom is -0.457 e. The second-order valence-electron chi connectivity index (χ2n) is 20.3. The molecule has 1 aliphatic rings. The van der Waals surface area contributed by atoms with Crippen LogP contribution in [0.1, 0.15) is 133 Å². The molecule has 0 atom stereocenters. The normalized spacial score (nSPS) is 13.1. The molecule has 9 rings (SSSR count). The largest absolute Gasteiger partial charge is 0.457 e. The molecule has 0 bridgehead atoms. The van der Waals surface area contributed by atoms with Gasteiger partial charge in [0.1, 0.15) is 29.8 Å². The van der Waals surface area contributed by atoms with Gasteiger partial charge < -0.3 is 14.5 Å². The van der Waals surface area contributed by atoms with Crippen LogP contribution in [0.25, 0.3) is 38.8 Å². The zero-order chi connectivity index (χ0) is 46.1. The fourth-order valence-corrected chi connectivity index (χ4v) is 10.1. The van der Waals surface area contributed by atoms with Crippen LogP contribution >= 0.6 is 0 Å². The highest BCUT2D eigenvalue weighted by Gasteiger charge is 2.34. The van der Waals surface area contributed by atoms with Crippen molar-refractivity contribution in [1.82, 2.24) is 9.55 Å². The predicted octanol–water partition coefficient (Wildman–Crippen LogP) is 17.1. The van der Waals surface area contributed by atoms with Crippen LogP contribution < -0.4 is 14.5 Å². The van der Waals surface area contributed by atoms with E-state index in [1.807, 2.05) is 13.1 Å². The molecule has 2 aromatic heterocycles. The summed E-state index contributed by atoms with van der Waals surface area (Å²) in [5.74, 6) is 3.09. The summed E-state index contributed by atoms with van der Waals surface area (Å²) in [7, 11) is 0. The van der Waals surface area contributed by atoms with E-state index in [4.69, 9.17) is 9.72 Å². The molecule has 8 aromatic rings. The molecule has 0 amide bonds. The van der Waals surface area contributed by atoms with Crippen molar-refractivity contribution in [2.75, 3.05) is 16.5 Å². The first-order valence-corrected chi connectivity index (χ1v) is 23.4. The molecule has 0 spiro atoms. The Bertz CT molecular complexity index is 3070. The van der Waals surface area contributed by atoms with Gasteiger partial charge in [0.2, 0.25) is 0 Å². The molecule has 6 aromatic carbocycles. The summed E-state index contributed by atoms with van der Waals surface area (Å²) in [6.45, 7) is 27.0. The molecule has 3 heterocycles. The summed E-state index contributed by atoms with van der Waals surface area (Å²) in [5, 5.41) is 2.31. The number of ether oxygens (including phenoxy) is 1. The standard InChI is InChI=1S/C59H63FN4O/c1-35(2)45-19-17-20-46(36(3)4)57(45)40-28-42(62-34-63(53-23-16-15-22-52(53)62)58-49(37(5)6)33-50(60)39(9)56(58)38(7)8)31-44(29-40)65-43-24-25-48-47-18-13-14-21-51(47)64(54(48)32-43)55-30-41(26-27-61-55)59(10,11)12/h13-33,35-38H,34H2,1-12H3. The Kier molecular flexibility index (Phi) is 11.4. The molecular formula is C59H63FN4O. The van der Waals surface area contributed by atoms with Crippen LogP contribution in [0.3, 0.4) is 0 Å². The number of benzene rings is 6. The van der Waals surface area contributed by atoms with Crippen LogP contribution in [0.2, 0.25) is 0 Å². The summed E-state index contributed by atoms with van der Waals surface area (Å²) in [5.41, 5.74) is 15.4. The molecule has 332 valence electrons. The number of hydrogen-bond acceptors (Lipinski definition) is 4. The maximum absolute atomic E-state index is 15.7. The summed E-state index contributed by atoms with van der Waals surface area (Å²) < 4.78 is 25.1. The second kappa shape index (κ2) is 16.9. The Labute approximate surface area is 385 Å². The van der Waals surface area contributed by atoms with Crippen molar-refractivity contribution < 1.29 is 9.13 Å². The lowest BCUT2D eigenvalue weighted by atomic mass is 9.85. The van der Waals surface area contributed by atoms with Crippen molar-refractivity contribution in [1.29, 1.82) is 0 Å². The number of pyridine rings is 1. The highest BCUT2D eigenvalue weighted by molar-refractivity contribution is 6.09. The lowest BCUT2D eigenvalue weighted by Crippen LogP contribution is -2.26. The summed E-state index contributed by atoms with van der Waals surface area (Å²) in [4.78, 5) is 9.75. The molecule has 5 nitrogen and oxygen atoms in total. The second-order valence-corrected chi connectivity index (χ2v) is 20.3. The summed E-state index contributed by atoms with van der Waals surface area (Å²) >= 11 is 0. The molecular weight excluding hydrogens is 800 g/mol. The van der Waals surface area contributed by atoms with Crippen molar-refractivity contribution in [3.8, 4) is 28.4 Å². The van der Waals surface area contributed by atoms with Crippen LogP contribution in [0.4, 0.5) is 27.1 Å². The van der Waals surface area contributed by atoms with E-state index in [0.717, 1.165) is 73.2 Å². The van der Waals surface area contributed by atoms with E-state index < -0.39 is 0 Å². The molecule has 0 radical (unpaired) electrons. The van der Waals surface area contributed by atoms with Gasteiger partial charge in [-0.05, 0) is 141 Å². The van der Waals surface area contributed by atoms with Crippen LogP contribution in [-0.2, 0) is 5.41 Å².